The molecule has 4 rings (SSSR count). The van der Waals surface area contributed by atoms with Crippen LogP contribution in [0.2, 0.25) is 0 Å². The second-order valence-corrected chi connectivity index (χ2v) is 10.1. The number of aromatic nitrogens is 2. The third-order valence-electron chi connectivity index (χ3n) is 7.23. The van der Waals surface area contributed by atoms with Crippen LogP contribution in [0.4, 0.5) is 0 Å². The fourth-order valence-electron chi connectivity index (χ4n) is 5.01. The van der Waals surface area contributed by atoms with Gasteiger partial charge in [-0.05, 0) is 48.6 Å². The van der Waals surface area contributed by atoms with E-state index in [0.29, 0.717) is 32.5 Å². The summed E-state index contributed by atoms with van der Waals surface area (Å²) in [6.07, 6.45) is 6.71. The molecule has 1 aliphatic heterocycles. The van der Waals surface area contributed by atoms with Gasteiger partial charge in [0, 0.05) is 25.6 Å². The van der Waals surface area contributed by atoms with Crippen molar-refractivity contribution in [1.29, 1.82) is 0 Å². The Morgan fingerprint density at radius 3 is 2.53 bits per heavy atom. The van der Waals surface area contributed by atoms with E-state index >= 15 is 0 Å². The Balaban J connectivity index is 1.57. The molecule has 1 saturated heterocycles. The molecule has 0 spiro atoms. The molecule has 202 valence electrons. The third kappa shape index (κ3) is 6.25. The Bertz CT molecular complexity index is 1230. The zero-order valence-corrected chi connectivity index (χ0v) is 22.6. The molecular weight excluding hydrogens is 480 g/mol. The first-order valence-electron chi connectivity index (χ1n) is 13.3. The first kappa shape index (κ1) is 27.4. The number of nitrogens with zero attached hydrogens (tertiary/aromatic N) is 3. The van der Waals surface area contributed by atoms with Crippen molar-refractivity contribution in [2.45, 2.75) is 57.6 Å². The second-order valence-electron chi connectivity index (χ2n) is 10.1. The van der Waals surface area contributed by atoms with Gasteiger partial charge >= 0.3 is 0 Å². The molecule has 8 heteroatoms. The van der Waals surface area contributed by atoms with Crippen molar-refractivity contribution in [1.82, 2.24) is 14.5 Å². The van der Waals surface area contributed by atoms with E-state index in [-0.39, 0.29) is 18.2 Å². The highest BCUT2D eigenvalue weighted by atomic mass is 16.5. The van der Waals surface area contributed by atoms with Gasteiger partial charge in [0.2, 0.25) is 11.8 Å². The molecule has 2 heterocycles. The SMILES string of the molecule is CCCCOC1(c2ccccc2C)CN(C(=O)[C@@H](Cc2ccc(OC)cc2)n2cnc(CCC(N)=O)c2)C1. The highest BCUT2D eigenvalue weighted by molar-refractivity contribution is 5.82. The van der Waals surface area contributed by atoms with Gasteiger partial charge in [0.25, 0.3) is 0 Å². The van der Waals surface area contributed by atoms with E-state index in [4.69, 9.17) is 15.2 Å². The monoisotopic (exact) mass is 518 g/mol. The van der Waals surface area contributed by atoms with Crippen LogP contribution < -0.4 is 10.5 Å². The number of carbonyl (C=O) groups is 2. The molecule has 0 unspecified atom stereocenters. The normalized spacial score (nSPS) is 15.1. The van der Waals surface area contributed by atoms with Crippen molar-refractivity contribution in [3.05, 3.63) is 83.4 Å². The molecule has 3 aromatic rings. The Morgan fingerprint density at radius 2 is 1.87 bits per heavy atom. The molecule has 1 aromatic heterocycles. The number of aryl methyl sites for hydroxylation is 2. The minimum atomic E-state index is -0.498. The van der Waals surface area contributed by atoms with E-state index in [0.717, 1.165) is 35.4 Å². The van der Waals surface area contributed by atoms with Crippen LogP contribution in [0.1, 0.15) is 54.6 Å². The largest absolute Gasteiger partial charge is 0.497 e. The summed E-state index contributed by atoms with van der Waals surface area (Å²) in [5, 5.41) is 0. The number of nitrogens with two attached hydrogens (primary N) is 1. The maximum absolute atomic E-state index is 14.0. The summed E-state index contributed by atoms with van der Waals surface area (Å²) in [7, 11) is 1.63. The summed E-state index contributed by atoms with van der Waals surface area (Å²) in [5.41, 5.74) is 8.88. The van der Waals surface area contributed by atoms with Crippen LogP contribution in [0.5, 0.6) is 5.75 Å². The van der Waals surface area contributed by atoms with Crippen LogP contribution in [0.25, 0.3) is 0 Å². The van der Waals surface area contributed by atoms with E-state index in [1.807, 2.05) is 52.1 Å². The third-order valence-corrected chi connectivity index (χ3v) is 7.23. The van der Waals surface area contributed by atoms with Gasteiger partial charge < -0.3 is 24.7 Å². The number of carbonyl (C=O) groups excluding carboxylic acids is 2. The lowest BCUT2D eigenvalue weighted by atomic mass is 9.82. The average Bonchev–Trinajstić information content (AvgIpc) is 3.37. The van der Waals surface area contributed by atoms with E-state index < -0.39 is 11.6 Å². The molecule has 38 heavy (non-hydrogen) atoms. The molecule has 1 fully saturated rings. The molecule has 2 amide bonds. The van der Waals surface area contributed by atoms with E-state index in [1.165, 1.54) is 5.56 Å². The quantitative estimate of drug-likeness (QED) is 0.345. The first-order valence-corrected chi connectivity index (χ1v) is 13.3. The van der Waals surface area contributed by atoms with E-state index in [9.17, 15) is 9.59 Å². The maximum atomic E-state index is 14.0. The number of hydrogen-bond acceptors (Lipinski definition) is 5. The highest BCUT2D eigenvalue weighted by Gasteiger charge is 2.49. The predicted octanol–water partition coefficient (Wildman–Crippen LogP) is 3.96. The summed E-state index contributed by atoms with van der Waals surface area (Å²) in [6.45, 7) is 5.90. The number of unbranched alkanes of at least 4 members (excludes halogenated alkanes) is 1. The fourth-order valence-corrected chi connectivity index (χ4v) is 5.01. The minimum absolute atomic E-state index is 0.0166. The van der Waals surface area contributed by atoms with Crippen molar-refractivity contribution < 1.29 is 19.1 Å². The number of amides is 2. The summed E-state index contributed by atoms with van der Waals surface area (Å²) < 4.78 is 13.6. The molecular formula is C30H38N4O4. The van der Waals surface area contributed by atoms with Crippen LogP contribution >= 0.6 is 0 Å². The summed E-state index contributed by atoms with van der Waals surface area (Å²) in [4.78, 5) is 31.6. The van der Waals surface area contributed by atoms with Crippen molar-refractivity contribution >= 4 is 11.8 Å². The number of ether oxygens (including phenoxy) is 2. The Kier molecular flexibility index (Phi) is 8.84. The number of imidazole rings is 1. The van der Waals surface area contributed by atoms with E-state index in [2.05, 4.69) is 31.0 Å². The van der Waals surface area contributed by atoms with Gasteiger partial charge in [0.15, 0.2) is 0 Å². The Morgan fingerprint density at radius 1 is 1.13 bits per heavy atom. The lowest BCUT2D eigenvalue weighted by Gasteiger charge is -2.51. The zero-order valence-electron chi connectivity index (χ0n) is 22.6. The van der Waals surface area contributed by atoms with Crippen molar-refractivity contribution in [2.75, 3.05) is 26.8 Å². The number of methoxy groups -OCH3 is 1. The lowest BCUT2D eigenvalue weighted by molar-refractivity contribution is -0.176. The summed E-state index contributed by atoms with van der Waals surface area (Å²) in [6, 6.07) is 15.5. The van der Waals surface area contributed by atoms with Gasteiger partial charge in [-0.2, -0.15) is 0 Å². The van der Waals surface area contributed by atoms with Crippen LogP contribution in [0.3, 0.4) is 0 Å². The summed E-state index contributed by atoms with van der Waals surface area (Å²) >= 11 is 0. The highest BCUT2D eigenvalue weighted by Crippen LogP contribution is 2.39. The molecule has 2 aromatic carbocycles. The molecule has 0 radical (unpaired) electrons. The number of primary amides is 1. The van der Waals surface area contributed by atoms with Crippen LogP contribution in [-0.2, 0) is 32.8 Å². The standard InChI is InChI=1S/C30H38N4O4/c1-4-5-16-38-30(26-9-7-6-8-22(26)2)19-34(20-30)29(36)27(17-23-10-13-25(37-3)14-11-23)33-18-24(32-21-33)12-15-28(31)35/h6-11,13-14,18,21,27H,4-5,12,15-17,19-20H2,1-3H3,(H2,31,35)/t27-/m1/s1. The first-order chi connectivity index (χ1) is 18.3. The van der Waals surface area contributed by atoms with Crippen LogP contribution in [-0.4, -0.2) is 53.1 Å². The molecule has 2 N–H and O–H groups in total. The van der Waals surface area contributed by atoms with Crippen molar-refractivity contribution in [3.8, 4) is 5.75 Å². The lowest BCUT2D eigenvalue weighted by Crippen LogP contribution is -2.64. The fraction of sp³-hybridized carbons (Fsp3) is 0.433. The van der Waals surface area contributed by atoms with Crippen LogP contribution in [0.15, 0.2) is 61.1 Å². The topological polar surface area (TPSA) is 99.7 Å². The maximum Gasteiger partial charge on any atom is 0.246 e. The molecule has 1 aliphatic rings. The molecule has 8 nitrogen and oxygen atoms in total. The van der Waals surface area contributed by atoms with Crippen molar-refractivity contribution in [2.24, 2.45) is 5.73 Å². The number of benzene rings is 2. The molecule has 0 aliphatic carbocycles. The number of rotatable bonds is 13. The Hall–Kier alpha value is -3.65. The van der Waals surface area contributed by atoms with Crippen LogP contribution in [0, 0.1) is 6.92 Å². The summed E-state index contributed by atoms with van der Waals surface area (Å²) in [5.74, 6) is 0.410. The second kappa shape index (κ2) is 12.3. The Labute approximate surface area is 224 Å². The van der Waals surface area contributed by atoms with Gasteiger partial charge in [0.05, 0.1) is 32.2 Å². The number of likely N-dealkylation sites (tertiary alicyclic amines) is 1. The molecule has 1 atom stereocenters. The van der Waals surface area contributed by atoms with Gasteiger partial charge in [-0.3, -0.25) is 9.59 Å². The predicted molar refractivity (Wildman–Crippen MR) is 146 cm³/mol. The van der Waals surface area contributed by atoms with Gasteiger partial charge in [-0.25, -0.2) is 4.98 Å². The molecule has 0 saturated carbocycles. The van der Waals surface area contributed by atoms with Gasteiger partial charge in [-0.15, -0.1) is 0 Å². The number of hydrogen-bond donors (Lipinski definition) is 1. The average molecular weight is 519 g/mol. The molecule has 0 bridgehead atoms. The van der Waals surface area contributed by atoms with E-state index in [1.54, 1.807) is 13.4 Å². The zero-order chi connectivity index (χ0) is 27.1. The smallest absolute Gasteiger partial charge is 0.246 e. The van der Waals surface area contributed by atoms with Gasteiger partial charge in [-0.1, -0.05) is 49.7 Å². The minimum Gasteiger partial charge on any atom is -0.497 e. The van der Waals surface area contributed by atoms with Crippen molar-refractivity contribution in [3.63, 3.8) is 0 Å². The van der Waals surface area contributed by atoms with Gasteiger partial charge in [0.1, 0.15) is 17.4 Å².